The van der Waals surface area contributed by atoms with Gasteiger partial charge in [0.15, 0.2) is 5.65 Å². The molecule has 2 aromatic heterocycles. The summed E-state index contributed by atoms with van der Waals surface area (Å²) in [6, 6.07) is 19.9. The molecule has 0 aliphatic rings. The quantitative estimate of drug-likeness (QED) is 0.442. The minimum atomic E-state index is 0.00695. The molecule has 32 heavy (non-hydrogen) atoms. The maximum atomic E-state index is 12.5. The largest absolute Gasteiger partial charge is 0.478 e. The van der Waals surface area contributed by atoms with E-state index in [-0.39, 0.29) is 5.91 Å². The number of para-hydroxylation sites is 1. The Bertz CT molecular complexity index is 1220. The van der Waals surface area contributed by atoms with E-state index in [2.05, 4.69) is 12.2 Å². The van der Waals surface area contributed by atoms with Gasteiger partial charge in [0.1, 0.15) is 0 Å². The smallest absolute Gasteiger partial charge is 0.220 e. The van der Waals surface area contributed by atoms with Crippen LogP contribution in [0, 0.1) is 13.8 Å². The van der Waals surface area contributed by atoms with E-state index < -0.39 is 0 Å². The van der Waals surface area contributed by atoms with E-state index in [1.54, 1.807) is 0 Å². The van der Waals surface area contributed by atoms with Crippen molar-refractivity contribution >= 4 is 16.9 Å². The fraction of sp³-hybridized carbons (Fsp3) is 0.269. The first kappa shape index (κ1) is 21.6. The Hall–Kier alpha value is -3.67. The molecule has 6 heteroatoms. The van der Waals surface area contributed by atoms with Crippen molar-refractivity contribution in [3.8, 4) is 11.6 Å². The van der Waals surface area contributed by atoms with Gasteiger partial charge in [-0.15, -0.1) is 0 Å². The average molecular weight is 429 g/mol. The van der Waals surface area contributed by atoms with Gasteiger partial charge in [-0.3, -0.25) is 4.79 Å². The van der Waals surface area contributed by atoms with Gasteiger partial charge in [0.05, 0.1) is 18.0 Å². The third kappa shape index (κ3) is 4.49. The highest BCUT2D eigenvalue weighted by molar-refractivity contribution is 5.86. The highest BCUT2D eigenvalue weighted by Crippen LogP contribution is 2.32. The zero-order valence-corrected chi connectivity index (χ0v) is 18.8. The lowest BCUT2D eigenvalue weighted by Gasteiger charge is -2.14. The number of aryl methyl sites for hydroxylation is 2. The highest BCUT2D eigenvalue weighted by Gasteiger charge is 2.20. The summed E-state index contributed by atoms with van der Waals surface area (Å²) in [6.45, 7) is 7.03. The van der Waals surface area contributed by atoms with Crippen LogP contribution in [0.2, 0.25) is 0 Å². The molecule has 4 rings (SSSR count). The van der Waals surface area contributed by atoms with Gasteiger partial charge < -0.3 is 10.1 Å². The van der Waals surface area contributed by atoms with Crippen LogP contribution in [-0.2, 0) is 17.8 Å². The van der Waals surface area contributed by atoms with Crippen molar-refractivity contribution in [1.29, 1.82) is 0 Å². The molecule has 0 saturated carbocycles. The number of fused-ring (bicyclic) bond motifs is 1. The summed E-state index contributed by atoms with van der Waals surface area (Å²) >= 11 is 0. The van der Waals surface area contributed by atoms with Crippen LogP contribution in [0.1, 0.15) is 35.7 Å². The molecule has 0 radical (unpaired) electrons. The predicted octanol–water partition coefficient (Wildman–Crippen LogP) is 4.69. The Morgan fingerprint density at radius 3 is 2.41 bits per heavy atom. The topological polar surface area (TPSA) is 69.0 Å². The van der Waals surface area contributed by atoms with Crippen molar-refractivity contribution in [2.45, 2.75) is 40.2 Å². The molecule has 1 amide bonds. The molecule has 6 nitrogen and oxygen atoms in total. The number of carbonyl (C=O) groups excluding carboxylic acids is 1. The average Bonchev–Trinajstić information content (AvgIpc) is 3.15. The molecule has 164 valence electrons. The number of benzene rings is 2. The Balaban J connectivity index is 1.61. The lowest BCUT2D eigenvalue weighted by Crippen LogP contribution is -2.23. The fourth-order valence-corrected chi connectivity index (χ4v) is 3.96. The number of carbonyl (C=O) groups is 1. The van der Waals surface area contributed by atoms with E-state index in [0.717, 1.165) is 39.1 Å². The Morgan fingerprint density at radius 2 is 1.72 bits per heavy atom. The van der Waals surface area contributed by atoms with E-state index in [1.165, 1.54) is 0 Å². The zero-order valence-electron chi connectivity index (χ0n) is 18.8. The fourth-order valence-electron chi connectivity index (χ4n) is 3.96. The van der Waals surface area contributed by atoms with Crippen LogP contribution in [0.3, 0.4) is 0 Å². The summed E-state index contributed by atoms with van der Waals surface area (Å²) in [5.74, 6) is 0.581. The molecule has 0 atom stereocenters. The van der Waals surface area contributed by atoms with E-state index in [1.807, 2.05) is 79.2 Å². The number of nitrogens with one attached hydrogen (secondary N) is 1. The molecular formula is C26H28N4O2. The summed E-state index contributed by atoms with van der Waals surface area (Å²) in [5.41, 5.74) is 5.74. The molecule has 0 aliphatic heterocycles. The normalized spacial score (nSPS) is 11.0. The molecule has 0 bridgehead atoms. The van der Waals surface area contributed by atoms with Crippen LogP contribution in [-0.4, -0.2) is 27.3 Å². The first-order valence-corrected chi connectivity index (χ1v) is 11.0. The van der Waals surface area contributed by atoms with Gasteiger partial charge in [0.25, 0.3) is 0 Å². The standard InChI is InChI=1S/C26H28N4O2/c1-4-32-26-22(15-16-23(31)27-17-20-11-7-5-8-12-20)18(2)24-19(3)29-30(25(24)28-26)21-13-9-6-10-14-21/h5-14H,4,15-17H2,1-3H3,(H,27,31). The van der Waals surface area contributed by atoms with Gasteiger partial charge >= 0.3 is 0 Å². The van der Waals surface area contributed by atoms with Crippen molar-refractivity contribution in [1.82, 2.24) is 20.1 Å². The van der Waals surface area contributed by atoms with Gasteiger partial charge in [-0.1, -0.05) is 48.5 Å². The van der Waals surface area contributed by atoms with E-state index in [9.17, 15) is 4.79 Å². The van der Waals surface area contributed by atoms with Crippen molar-refractivity contribution in [2.75, 3.05) is 6.61 Å². The van der Waals surface area contributed by atoms with Crippen LogP contribution in [0.5, 0.6) is 5.88 Å². The monoisotopic (exact) mass is 428 g/mol. The number of amides is 1. The maximum absolute atomic E-state index is 12.5. The van der Waals surface area contributed by atoms with E-state index >= 15 is 0 Å². The molecule has 0 aliphatic carbocycles. The second kappa shape index (κ2) is 9.64. The third-order valence-corrected chi connectivity index (χ3v) is 5.55. The van der Waals surface area contributed by atoms with Gasteiger partial charge in [-0.05, 0) is 50.5 Å². The Morgan fingerprint density at radius 1 is 1.03 bits per heavy atom. The van der Waals surface area contributed by atoms with Crippen LogP contribution < -0.4 is 10.1 Å². The molecule has 4 aromatic rings. The summed E-state index contributed by atoms with van der Waals surface area (Å²) in [4.78, 5) is 17.3. The number of ether oxygens (including phenoxy) is 1. The molecule has 0 fully saturated rings. The summed E-state index contributed by atoms with van der Waals surface area (Å²) in [5, 5.41) is 8.75. The Kier molecular flexibility index (Phi) is 6.50. The van der Waals surface area contributed by atoms with Crippen LogP contribution in [0.4, 0.5) is 0 Å². The van der Waals surface area contributed by atoms with Crippen LogP contribution in [0.25, 0.3) is 16.7 Å². The van der Waals surface area contributed by atoms with Gasteiger partial charge in [0, 0.05) is 23.9 Å². The SMILES string of the molecule is CCOc1nc2c(c(C)nn2-c2ccccc2)c(C)c1CCC(=O)NCc1ccccc1. The van der Waals surface area contributed by atoms with Crippen LogP contribution in [0.15, 0.2) is 60.7 Å². The number of nitrogens with zero attached hydrogens (tertiary/aromatic N) is 3. The summed E-state index contributed by atoms with van der Waals surface area (Å²) < 4.78 is 7.76. The second-order valence-electron chi connectivity index (χ2n) is 7.75. The lowest BCUT2D eigenvalue weighted by atomic mass is 10.0. The predicted molar refractivity (Wildman–Crippen MR) is 126 cm³/mol. The third-order valence-electron chi connectivity index (χ3n) is 5.55. The van der Waals surface area contributed by atoms with E-state index in [0.29, 0.717) is 31.9 Å². The van der Waals surface area contributed by atoms with Crippen molar-refractivity contribution in [3.63, 3.8) is 0 Å². The summed E-state index contributed by atoms with van der Waals surface area (Å²) in [7, 11) is 0. The van der Waals surface area contributed by atoms with Crippen molar-refractivity contribution in [2.24, 2.45) is 0 Å². The highest BCUT2D eigenvalue weighted by atomic mass is 16.5. The van der Waals surface area contributed by atoms with E-state index in [4.69, 9.17) is 14.8 Å². The molecule has 0 saturated heterocycles. The molecule has 1 N–H and O–H groups in total. The van der Waals surface area contributed by atoms with Crippen molar-refractivity contribution < 1.29 is 9.53 Å². The zero-order chi connectivity index (χ0) is 22.5. The number of rotatable bonds is 8. The number of aromatic nitrogens is 3. The first-order chi connectivity index (χ1) is 15.6. The molecule has 2 heterocycles. The van der Waals surface area contributed by atoms with Gasteiger partial charge in [-0.25, -0.2) is 4.68 Å². The Labute approximate surface area is 188 Å². The number of hydrogen-bond donors (Lipinski definition) is 1. The van der Waals surface area contributed by atoms with Gasteiger partial charge in [0.2, 0.25) is 11.8 Å². The molecule has 0 unspecified atom stereocenters. The molecular weight excluding hydrogens is 400 g/mol. The van der Waals surface area contributed by atoms with Gasteiger partial charge in [-0.2, -0.15) is 10.1 Å². The minimum absolute atomic E-state index is 0.00695. The molecule has 2 aromatic carbocycles. The van der Waals surface area contributed by atoms with Crippen LogP contribution >= 0.6 is 0 Å². The molecule has 0 spiro atoms. The second-order valence-corrected chi connectivity index (χ2v) is 7.75. The number of pyridine rings is 1. The lowest BCUT2D eigenvalue weighted by molar-refractivity contribution is -0.121. The maximum Gasteiger partial charge on any atom is 0.220 e. The first-order valence-electron chi connectivity index (χ1n) is 11.0. The number of hydrogen-bond acceptors (Lipinski definition) is 4. The van der Waals surface area contributed by atoms with Crippen molar-refractivity contribution in [3.05, 3.63) is 83.0 Å². The summed E-state index contributed by atoms with van der Waals surface area (Å²) in [6.07, 6.45) is 0.924. The minimum Gasteiger partial charge on any atom is -0.478 e.